The van der Waals surface area contributed by atoms with E-state index in [1.165, 1.54) is 7.11 Å². The summed E-state index contributed by atoms with van der Waals surface area (Å²) in [4.78, 5) is 0. The van der Waals surface area contributed by atoms with E-state index in [1.54, 1.807) is 0 Å². The van der Waals surface area contributed by atoms with E-state index in [0.29, 0.717) is 19.3 Å². The molecule has 0 aromatic heterocycles. The zero-order valence-corrected chi connectivity index (χ0v) is 16.0. The maximum absolute atomic E-state index is 11.6. The van der Waals surface area contributed by atoms with Gasteiger partial charge in [0.15, 0.2) is 0 Å². The summed E-state index contributed by atoms with van der Waals surface area (Å²) in [6.45, 7) is 2.00. The van der Waals surface area contributed by atoms with Crippen molar-refractivity contribution in [2.45, 2.75) is 70.0 Å². The first-order chi connectivity index (χ1) is 10.8. The van der Waals surface area contributed by atoms with Crippen LogP contribution in [0.15, 0.2) is 0 Å². The molecule has 0 aliphatic carbocycles. The van der Waals surface area contributed by atoms with Crippen LogP contribution >= 0.6 is 0 Å². The van der Waals surface area contributed by atoms with Gasteiger partial charge in [0, 0.05) is 0 Å². The monoisotopic (exact) mass is 374 g/mol. The van der Waals surface area contributed by atoms with E-state index >= 15 is 0 Å². The van der Waals surface area contributed by atoms with Crippen molar-refractivity contribution in [2.75, 3.05) is 20.8 Å². The van der Waals surface area contributed by atoms with Crippen LogP contribution in [0.5, 0.6) is 0 Å². The molecule has 9 heteroatoms. The van der Waals surface area contributed by atoms with E-state index < -0.39 is 25.8 Å². The average molecular weight is 375 g/mol. The Hall–Kier alpha value is -0.220. The van der Waals surface area contributed by atoms with Crippen molar-refractivity contribution in [3.63, 3.8) is 0 Å². The summed E-state index contributed by atoms with van der Waals surface area (Å²) in [5.74, 6) is 0. The topological polar surface area (TPSA) is 96.0 Å². The van der Waals surface area contributed by atoms with Crippen LogP contribution in [0, 0.1) is 0 Å². The molecule has 0 saturated carbocycles. The predicted molar refractivity (Wildman–Crippen MR) is 88.8 cm³/mol. The molecular weight excluding hydrogens is 344 g/mol. The van der Waals surface area contributed by atoms with E-state index in [-0.39, 0.29) is 6.61 Å². The van der Waals surface area contributed by atoms with Crippen molar-refractivity contribution in [1.82, 2.24) is 0 Å². The number of rotatable bonds is 15. The van der Waals surface area contributed by atoms with Gasteiger partial charge >= 0.3 is 10.4 Å². The van der Waals surface area contributed by atoms with Gasteiger partial charge in [-0.25, -0.2) is 4.18 Å². The van der Waals surface area contributed by atoms with Crippen LogP contribution in [0.4, 0.5) is 0 Å². The predicted octanol–water partition coefficient (Wildman–Crippen LogP) is 2.77. The second-order valence-electron chi connectivity index (χ2n) is 5.35. The van der Waals surface area contributed by atoms with E-state index in [4.69, 9.17) is 0 Å². The van der Waals surface area contributed by atoms with Crippen LogP contribution in [0.1, 0.15) is 64.7 Å². The van der Waals surface area contributed by atoms with Gasteiger partial charge < -0.3 is 0 Å². The smallest absolute Gasteiger partial charge is 0.273 e. The zero-order valence-electron chi connectivity index (χ0n) is 14.3. The highest BCUT2D eigenvalue weighted by Gasteiger charge is 2.22. The van der Waals surface area contributed by atoms with Crippen LogP contribution in [0.2, 0.25) is 0 Å². The Morgan fingerprint density at radius 3 is 1.78 bits per heavy atom. The van der Waals surface area contributed by atoms with Gasteiger partial charge in [-0.1, -0.05) is 45.4 Å². The number of hydrogen-bond acceptors (Lipinski definition) is 7. The van der Waals surface area contributed by atoms with Gasteiger partial charge in [0.2, 0.25) is 0 Å². The molecule has 0 saturated heterocycles. The summed E-state index contributed by atoms with van der Waals surface area (Å²) in [5, 5.41) is -0.410. The molecule has 0 rings (SSSR count). The summed E-state index contributed by atoms with van der Waals surface area (Å²) in [6, 6.07) is 0. The van der Waals surface area contributed by atoms with E-state index in [1.807, 2.05) is 6.92 Å². The van der Waals surface area contributed by atoms with Gasteiger partial charge in [-0.05, 0) is 19.3 Å². The van der Waals surface area contributed by atoms with Gasteiger partial charge in [0.1, 0.15) is 0 Å². The van der Waals surface area contributed by atoms with Gasteiger partial charge in [0.25, 0.3) is 10.1 Å². The molecule has 0 spiro atoms. The maximum atomic E-state index is 11.6. The normalized spacial score (nSPS) is 14.0. The second-order valence-corrected chi connectivity index (χ2v) is 8.72. The SMILES string of the molecule is CCC(CCCCCCCCCOS(=O)(=O)OC)S(=O)(=O)OC. The van der Waals surface area contributed by atoms with Crippen LogP contribution in [0.3, 0.4) is 0 Å². The van der Waals surface area contributed by atoms with E-state index in [0.717, 1.165) is 45.6 Å². The third-order valence-electron chi connectivity index (χ3n) is 3.70. The Labute approximate surface area is 141 Å². The molecule has 1 unspecified atom stereocenters. The molecule has 0 heterocycles. The second kappa shape index (κ2) is 12.2. The molecule has 0 bridgehead atoms. The standard InChI is InChI=1S/C14H30O7S2/c1-4-14(22(15,16)19-2)12-10-8-6-5-7-9-11-13-21-23(17,18)20-3/h14H,4-13H2,1-3H3. The van der Waals surface area contributed by atoms with Crippen LogP contribution in [-0.4, -0.2) is 42.9 Å². The Morgan fingerprint density at radius 2 is 1.30 bits per heavy atom. The summed E-state index contributed by atoms with van der Waals surface area (Å²) >= 11 is 0. The molecule has 0 amide bonds. The largest absolute Gasteiger partial charge is 0.399 e. The quantitative estimate of drug-likeness (QED) is 0.321. The first kappa shape index (κ1) is 22.8. The Kier molecular flexibility index (Phi) is 12.1. The molecule has 0 radical (unpaired) electrons. The van der Waals surface area contributed by atoms with Crippen LogP contribution in [0.25, 0.3) is 0 Å². The minimum atomic E-state index is -3.81. The van der Waals surface area contributed by atoms with E-state index in [9.17, 15) is 16.8 Å². The fourth-order valence-corrected chi connectivity index (χ4v) is 3.81. The highest BCUT2D eigenvalue weighted by Crippen LogP contribution is 2.17. The van der Waals surface area contributed by atoms with Gasteiger partial charge in [-0.3, -0.25) is 8.37 Å². The summed E-state index contributed by atoms with van der Waals surface area (Å²) in [6.07, 6.45) is 7.73. The fraction of sp³-hybridized carbons (Fsp3) is 1.00. The highest BCUT2D eigenvalue weighted by molar-refractivity contribution is 7.87. The highest BCUT2D eigenvalue weighted by atomic mass is 32.3. The van der Waals surface area contributed by atoms with Gasteiger partial charge in [-0.2, -0.15) is 16.8 Å². The van der Waals surface area contributed by atoms with E-state index in [2.05, 4.69) is 12.5 Å². The minimum absolute atomic E-state index is 0.142. The molecule has 0 aromatic carbocycles. The zero-order chi connectivity index (χ0) is 17.8. The molecule has 0 aliphatic heterocycles. The van der Waals surface area contributed by atoms with Crippen LogP contribution in [-0.2, 0) is 33.1 Å². The lowest BCUT2D eigenvalue weighted by Gasteiger charge is -2.13. The number of hydrogen-bond donors (Lipinski definition) is 0. The van der Waals surface area contributed by atoms with Crippen molar-refractivity contribution in [1.29, 1.82) is 0 Å². The Balaban J connectivity index is 3.57. The molecule has 0 fully saturated rings. The molecule has 0 aliphatic rings. The molecule has 0 N–H and O–H groups in total. The van der Waals surface area contributed by atoms with Gasteiger partial charge in [0.05, 0.1) is 26.1 Å². The average Bonchev–Trinajstić information content (AvgIpc) is 2.52. The first-order valence-electron chi connectivity index (χ1n) is 8.03. The van der Waals surface area contributed by atoms with Crippen molar-refractivity contribution in [2.24, 2.45) is 0 Å². The van der Waals surface area contributed by atoms with Crippen molar-refractivity contribution in [3.8, 4) is 0 Å². The number of unbranched alkanes of at least 4 members (excludes halogenated alkanes) is 6. The molecule has 7 nitrogen and oxygen atoms in total. The lowest BCUT2D eigenvalue weighted by Crippen LogP contribution is -2.21. The Morgan fingerprint density at radius 1 is 0.783 bits per heavy atom. The summed E-state index contributed by atoms with van der Waals surface area (Å²) < 4.78 is 58.3. The molecule has 23 heavy (non-hydrogen) atoms. The van der Waals surface area contributed by atoms with Crippen molar-refractivity contribution in [3.05, 3.63) is 0 Å². The lowest BCUT2D eigenvalue weighted by atomic mass is 10.1. The van der Waals surface area contributed by atoms with Crippen molar-refractivity contribution < 1.29 is 29.4 Å². The molecular formula is C14H30O7S2. The molecule has 140 valence electrons. The lowest BCUT2D eigenvalue weighted by molar-refractivity contribution is 0.238. The van der Waals surface area contributed by atoms with Gasteiger partial charge in [-0.15, -0.1) is 0 Å². The third kappa shape index (κ3) is 11.0. The maximum Gasteiger partial charge on any atom is 0.399 e. The van der Waals surface area contributed by atoms with Crippen LogP contribution < -0.4 is 0 Å². The third-order valence-corrected chi connectivity index (χ3v) is 6.41. The first-order valence-corrected chi connectivity index (χ1v) is 10.8. The minimum Gasteiger partial charge on any atom is -0.273 e. The molecule has 1 atom stereocenters. The Bertz CT molecular complexity index is 485. The summed E-state index contributed by atoms with van der Waals surface area (Å²) in [7, 11) is -4.94. The fourth-order valence-electron chi connectivity index (χ4n) is 2.26. The molecule has 0 aromatic rings. The van der Waals surface area contributed by atoms with Crippen molar-refractivity contribution >= 4 is 20.5 Å². The summed E-state index contributed by atoms with van der Waals surface area (Å²) in [5.41, 5.74) is 0.